The summed E-state index contributed by atoms with van der Waals surface area (Å²) in [5.41, 5.74) is 2.18. The van der Waals surface area contributed by atoms with Crippen LogP contribution >= 0.6 is 0 Å². The van der Waals surface area contributed by atoms with Crippen LogP contribution in [0, 0.1) is 0 Å². The summed E-state index contributed by atoms with van der Waals surface area (Å²) in [6.45, 7) is 0.701. The summed E-state index contributed by atoms with van der Waals surface area (Å²) in [5.74, 6) is 0. The number of rotatable bonds is 4. The number of amides is 2. The molecule has 1 aliphatic rings. The zero-order valence-corrected chi connectivity index (χ0v) is 12.4. The molecular formula is C18H20N2O2. The SMILES string of the molecule is O=C(NCc1ccccc1)NCC1(O)CCc2ccccc21. The van der Waals surface area contributed by atoms with Crippen LogP contribution in [0.5, 0.6) is 0 Å². The fraction of sp³-hybridized carbons (Fsp3) is 0.278. The molecule has 0 saturated carbocycles. The fourth-order valence-electron chi connectivity index (χ4n) is 2.92. The fourth-order valence-corrected chi connectivity index (χ4v) is 2.92. The van der Waals surface area contributed by atoms with Crippen LogP contribution in [0.2, 0.25) is 0 Å². The molecule has 3 N–H and O–H groups in total. The minimum absolute atomic E-state index is 0.227. The second-order valence-corrected chi connectivity index (χ2v) is 5.71. The molecule has 0 bridgehead atoms. The number of carbonyl (C=O) groups excluding carboxylic acids is 1. The molecule has 4 heteroatoms. The number of fused-ring (bicyclic) bond motifs is 1. The van der Waals surface area contributed by atoms with E-state index in [2.05, 4.69) is 10.6 Å². The van der Waals surface area contributed by atoms with Crippen LogP contribution in [0.4, 0.5) is 4.79 Å². The highest BCUT2D eigenvalue weighted by atomic mass is 16.3. The molecule has 1 aliphatic carbocycles. The summed E-state index contributed by atoms with van der Waals surface area (Å²) in [7, 11) is 0. The van der Waals surface area contributed by atoms with Gasteiger partial charge in [-0.05, 0) is 29.5 Å². The number of carbonyl (C=O) groups is 1. The summed E-state index contributed by atoms with van der Waals surface area (Å²) in [4.78, 5) is 11.9. The first kappa shape index (κ1) is 14.6. The third-order valence-corrected chi connectivity index (χ3v) is 4.16. The molecule has 0 aromatic heterocycles. The lowest BCUT2D eigenvalue weighted by atomic mass is 9.96. The quantitative estimate of drug-likeness (QED) is 0.811. The van der Waals surface area contributed by atoms with Crippen molar-refractivity contribution in [3.8, 4) is 0 Å². The van der Waals surface area contributed by atoms with Crippen LogP contribution in [0.1, 0.15) is 23.1 Å². The summed E-state index contributed by atoms with van der Waals surface area (Å²) >= 11 is 0. The average molecular weight is 296 g/mol. The van der Waals surface area contributed by atoms with Crippen molar-refractivity contribution in [2.75, 3.05) is 6.54 Å². The van der Waals surface area contributed by atoms with E-state index in [-0.39, 0.29) is 12.6 Å². The van der Waals surface area contributed by atoms with Gasteiger partial charge >= 0.3 is 6.03 Å². The summed E-state index contributed by atoms with van der Waals surface area (Å²) in [5, 5.41) is 16.3. The molecule has 1 atom stereocenters. The van der Waals surface area contributed by atoms with Crippen molar-refractivity contribution >= 4 is 6.03 Å². The number of benzene rings is 2. The molecule has 0 fully saturated rings. The van der Waals surface area contributed by atoms with E-state index in [1.165, 1.54) is 0 Å². The molecular weight excluding hydrogens is 276 g/mol. The Morgan fingerprint density at radius 1 is 1.05 bits per heavy atom. The van der Waals surface area contributed by atoms with Gasteiger partial charge in [0.1, 0.15) is 5.60 Å². The maximum Gasteiger partial charge on any atom is 0.315 e. The number of hydrogen-bond acceptors (Lipinski definition) is 2. The Morgan fingerprint density at radius 2 is 1.77 bits per heavy atom. The van der Waals surface area contributed by atoms with Gasteiger partial charge in [0.25, 0.3) is 0 Å². The Hall–Kier alpha value is -2.33. The first-order chi connectivity index (χ1) is 10.7. The molecule has 4 nitrogen and oxygen atoms in total. The second kappa shape index (κ2) is 6.20. The molecule has 1 unspecified atom stereocenters. The lowest BCUT2D eigenvalue weighted by Gasteiger charge is -2.24. The minimum Gasteiger partial charge on any atom is -0.383 e. The van der Waals surface area contributed by atoms with Crippen LogP contribution in [0.25, 0.3) is 0 Å². The smallest absolute Gasteiger partial charge is 0.315 e. The van der Waals surface area contributed by atoms with Crippen molar-refractivity contribution in [1.82, 2.24) is 10.6 Å². The van der Waals surface area contributed by atoms with Crippen molar-refractivity contribution < 1.29 is 9.90 Å². The molecule has 2 amide bonds. The number of aliphatic hydroxyl groups is 1. The van der Waals surface area contributed by atoms with Gasteiger partial charge in [-0.1, -0.05) is 54.6 Å². The van der Waals surface area contributed by atoms with Crippen LogP contribution < -0.4 is 10.6 Å². The standard InChI is InChI=1S/C18H20N2O2/c21-17(19-12-14-6-2-1-3-7-14)20-13-18(22)11-10-15-8-4-5-9-16(15)18/h1-9,22H,10-13H2,(H2,19,20,21). The lowest BCUT2D eigenvalue weighted by molar-refractivity contribution is 0.0412. The number of aryl methyl sites for hydroxylation is 1. The minimum atomic E-state index is -0.958. The number of hydrogen-bond donors (Lipinski definition) is 3. The average Bonchev–Trinajstić information content (AvgIpc) is 2.90. The summed E-state index contributed by atoms with van der Waals surface area (Å²) in [6.07, 6.45) is 1.49. The number of urea groups is 1. The van der Waals surface area contributed by atoms with E-state index in [0.29, 0.717) is 13.0 Å². The Bertz CT molecular complexity index is 657. The zero-order valence-electron chi connectivity index (χ0n) is 12.4. The molecule has 0 aliphatic heterocycles. The number of nitrogens with one attached hydrogen (secondary N) is 2. The van der Waals surface area contributed by atoms with Crippen molar-refractivity contribution in [3.63, 3.8) is 0 Å². The maximum atomic E-state index is 11.9. The molecule has 0 spiro atoms. The Morgan fingerprint density at radius 3 is 2.59 bits per heavy atom. The second-order valence-electron chi connectivity index (χ2n) is 5.71. The molecule has 0 saturated heterocycles. The topological polar surface area (TPSA) is 61.4 Å². The predicted octanol–water partition coefficient (Wildman–Crippen LogP) is 2.32. The molecule has 0 radical (unpaired) electrons. The molecule has 2 aromatic rings. The lowest BCUT2D eigenvalue weighted by Crippen LogP contribution is -2.43. The van der Waals surface area contributed by atoms with Gasteiger partial charge in [0, 0.05) is 6.54 Å². The summed E-state index contributed by atoms with van der Waals surface area (Å²) in [6, 6.07) is 17.3. The first-order valence-corrected chi connectivity index (χ1v) is 7.54. The molecule has 22 heavy (non-hydrogen) atoms. The van der Waals surface area contributed by atoms with E-state index in [4.69, 9.17) is 0 Å². The highest BCUT2D eigenvalue weighted by molar-refractivity contribution is 5.74. The van der Waals surface area contributed by atoms with Gasteiger partial charge < -0.3 is 15.7 Å². The van der Waals surface area contributed by atoms with Crippen LogP contribution in [0.3, 0.4) is 0 Å². The zero-order chi connectivity index (χ0) is 15.4. The van der Waals surface area contributed by atoms with Gasteiger partial charge in [-0.3, -0.25) is 0 Å². The van der Waals surface area contributed by atoms with Gasteiger partial charge in [-0.2, -0.15) is 0 Å². The van der Waals surface area contributed by atoms with E-state index in [1.54, 1.807) is 0 Å². The van der Waals surface area contributed by atoms with Gasteiger partial charge in [-0.15, -0.1) is 0 Å². The van der Waals surface area contributed by atoms with Crippen molar-refractivity contribution in [1.29, 1.82) is 0 Å². The van der Waals surface area contributed by atoms with Gasteiger partial charge in [0.05, 0.1) is 6.54 Å². The highest BCUT2D eigenvalue weighted by Gasteiger charge is 2.36. The van der Waals surface area contributed by atoms with Crippen molar-refractivity contribution in [2.45, 2.75) is 25.0 Å². The normalized spacial score (nSPS) is 19.5. The molecule has 0 heterocycles. The Balaban J connectivity index is 1.53. The molecule has 2 aromatic carbocycles. The van der Waals surface area contributed by atoms with E-state index >= 15 is 0 Å². The van der Waals surface area contributed by atoms with E-state index in [1.807, 2.05) is 54.6 Å². The van der Waals surface area contributed by atoms with Crippen LogP contribution in [-0.4, -0.2) is 17.7 Å². The first-order valence-electron chi connectivity index (χ1n) is 7.54. The van der Waals surface area contributed by atoms with E-state index in [0.717, 1.165) is 23.1 Å². The third-order valence-electron chi connectivity index (χ3n) is 4.16. The Kier molecular flexibility index (Phi) is 4.11. The molecule has 3 rings (SSSR count). The predicted molar refractivity (Wildman–Crippen MR) is 85.3 cm³/mol. The van der Waals surface area contributed by atoms with Crippen LogP contribution in [-0.2, 0) is 18.6 Å². The Labute approximate surface area is 130 Å². The largest absolute Gasteiger partial charge is 0.383 e. The van der Waals surface area contributed by atoms with E-state index < -0.39 is 5.60 Å². The van der Waals surface area contributed by atoms with Gasteiger partial charge in [-0.25, -0.2) is 4.79 Å². The monoisotopic (exact) mass is 296 g/mol. The maximum absolute atomic E-state index is 11.9. The van der Waals surface area contributed by atoms with Gasteiger partial charge in [0.15, 0.2) is 0 Å². The highest BCUT2D eigenvalue weighted by Crippen LogP contribution is 2.35. The van der Waals surface area contributed by atoms with Gasteiger partial charge in [0.2, 0.25) is 0 Å². The summed E-state index contributed by atoms with van der Waals surface area (Å²) < 4.78 is 0. The van der Waals surface area contributed by atoms with Crippen molar-refractivity contribution in [3.05, 3.63) is 71.3 Å². The van der Waals surface area contributed by atoms with Crippen molar-refractivity contribution in [2.24, 2.45) is 0 Å². The third kappa shape index (κ3) is 3.12. The van der Waals surface area contributed by atoms with Crippen LogP contribution in [0.15, 0.2) is 54.6 Å². The molecule has 114 valence electrons. The van der Waals surface area contributed by atoms with E-state index in [9.17, 15) is 9.90 Å².